The van der Waals surface area contributed by atoms with Crippen LogP contribution in [0.1, 0.15) is 10.4 Å². The van der Waals surface area contributed by atoms with E-state index in [-0.39, 0.29) is 0 Å². The second-order valence-corrected chi connectivity index (χ2v) is 3.18. The van der Waals surface area contributed by atoms with Gasteiger partial charge in [0.05, 0.1) is 5.69 Å². The van der Waals surface area contributed by atoms with Crippen molar-refractivity contribution >= 4 is 11.7 Å². The van der Waals surface area contributed by atoms with Gasteiger partial charge in [-0.25, -0.2) is 22.4 Å². The summed E-state index contributed by atoms with van der Waals surface area (Å²) in [6, 6.07) is 0. The van der Waals surface area contributed by atoms with Crippen molar-refractivity contribution < 1.29 is 27.5 Å². The Morgan fingerprint density at radius 2 is 1.44 bits per heavy atom. The molecular weight excluding hydrogens is 230 g/mol. The van der Waals surface area contributed by atoms with Crippen LogP contribution in [0.15, 0.2) is 0 Å². The molecule has 1 N–H and O–H groups in total. The second-order valence-electron chi connectivity index (χ2n) is 3.18. The van der Waals surface area contributed by atoms with Crippen molar-refractivity contribution in [2.24, 2.45) is 0 Å². The Kier molecular flexibility index (Phi) is 3.06. The molecule has 0 saturated carbocycles. The van der Waals surface area contributed by atoms with E-state index in [1.165, 1.54) is 14.1 Å². The molecule has 0 radical (unpaired) electrons. The molecule has 0 aliphatic carbocycles. The first-order valence-electron chi connectivity index (χ1n) is 4.05. The SMILES string of the molecule is CN(C)c1c(F)c(F)c(F)c(F)c1C(=O)O. The molecule has 0 atom stereocenters. The minimum Gasteiger partial charge on any atom is -0.478 e. The molecule has 1 aromatic rings. The van der Waals surface area contributed by atoms with Crippen LogP contribution in [0, 0.1) is 23.3 Å². The predicted octanol–water partition coefficient (Wildman–Crippen LogP) is 2.01. The number of hydrogen-bond acceptors (Lipinski definition) is 2. The fraction of sp³-hybridized carbons (Fsp3) is 0.222. The van der Waals surface area contributed by atoms with E-state index in [9.17, 15) is 22.4 Å². The Morgan fingerprint density at radius 1 is 1.00 bits per heavy atom. The lowest BCUT2D eigenvalue weighted by atomic mass is 10.1. The van der Waals surface area contributed by atoms with Gasteiger partial charge in [0, 0.05) is 14.1 Å². The first-order chi connectivity index (χ1) is 7.29. The van der Waals surface area contributed by atoms with Crippen LogP contribution in [0.4, 0.5) is 23.2 Å². The zero-order valence-electron chi connectivity index (χ0n) is 8.31. The number of benzene rings is 1. The number of carbonyl (C=O) groups is 1. The van der Waals surface area contributed by atoms with Gasteiger partial charge in [-0.1, -0.05) is 0 Å². The number of anilines is 1. The van der Waals surface area contributed by atoms with Crippen molar-refractivity contribution in [1.29, 1.82) is 0 Å². The maximum atomic E-state index is 13.2. The fourth-order valence-electron chi connectivity index (χ4n) is 1.24. The molecular formula is C9H7F4NO2. The van der Waals surface area contributed by atoms with Gasteiger partial charge in [-0.15, -0.1) is 0 Å². The normalized spacial score (nSPS) is 10.4. The van der Waals surface area contributed by atoms with Crippen LogP contribution in [0.5, 0.6) is 0 Å². The van der Waals surface area contributed by atoms with Crippen LogP contribution in [0.2, 0.25) is 0 Å². The van der Waals surface area contributed by atoms with Crippen molar-refractivity contribution in [1.82, 2.24) is 0 Å². The summed E-state index contributed by atoms with van der Waals surface area (Å²) in [7, 11) is 2.36. The van der Waals surface area contributed by atoms with Crippen molar-refractivity contribution in [3.05, 3.63) is 28.8 Å². The quantitative estimate of drug-likeness (QED) is 0.486. The standard InChI is InChI=1S/C9H7F4NO2/c1-14(2)8-3(9(15)16)4(10)5(11)6(12)7(8)13/h1-2H3,(H,15,16). The maximum absolute atomic E-state index is 13.2. The molecule has 1 aromatic carbocycles. The molecule has 0 saturated heterocycles. The van der Waals surface area contributed by atoms with Crippen LogP contribution in [-0.2, 0) is 0 Å². The third kappa shape index (κ3) is 1.68. The number of carboxylic acids is 1. The van der Waals surface area contributed by atoms with Gasteiger partial charge in [0.2, 0.25) is 0 Å². The minimum absolute atomic E-state index is 0.844. The van der Waals surface area contributed by atoms with Crippen LogP contribution in [0.3, 0.4) is 0 Å². The average Bonchev–Trinajstić information content (AvgIpc) is 2.18. The summed E-state index contributed by atoms with van der Waals surface area (Å²) in [5.41, 5.74) is -2.08. The van der Waals surface area contributed by atoms with Crippen LogP contribution < -0.4 is 4.90 Å². The van der Waals surface area contributed by atoms with Gasteiger partial charge in [-0.05, 0) is 0 Å². The largest absolute Gasteiger partial charge is 0.478 e. The lowest BCUT2D eigenvalue weighted by Crippen LogP contribution is -2.20. The summed E-state index contributed by atoms with van der Waals surface area (Å²) in [5.74, 6) is -9.71. The number of hydrogen-bond donors (Lipinski definition) is 1. The second kappa shape index (κ2) is 3.99. The highest BCUT2D eigenvalue weighted by Crippen LogP contribution is 2.30. The van der Waals surface area contributed by atoms with Crippen molar-refractivity contribution in [3.8, 4) is 0 Å². The topological polar surface area (TPSA) is 40.5 Å². The maximum Gasteiger partial charge on any atom is 0.341 e. The van der Waals surface area contributed by atoms with Crippen LogP contribution in [-0.4, -0.2) is 25.2 Å². The van der Waals surface area contributed by atoms with E-state index in [1.54, 1.807) is 0 Å². The molecule has 0 heterocycles. The van der Waals surface area contributed by atoms with E-state index in [2.05, 4.69) is 0 Å². The third-order valence-electron chi connectivity index (χ3n) is 1.90. The van der Waals surface area contributed by atoms with Gasteiger partial charge in [-0.2, -0.15) is 0 Å². The lowest BCUT2D eigenvalue weighted by molar-refractivity contribution is 0.0690. The average molecular weight is 237 g/mol. The summed E-state index contributed by atoms with van der Waals surface area (Å²) in [6.07, 6.45) is 0. The molecule has 7 heteroatoms. The summed E-state index contributed by atoms with van der Waals surface area (Å²) in [4.78, 5) is 11.5. The Hall–Kier alpha value is -1.79. The number of halogens is 4. The summed E-state index contributed by atoms with van der Waals surface area (Å²) in [6.45, 7) is 0. The van der Waals surface area contributed by atoms with Crippen molar-refractivity contribution in [2.45, 2.75) is 0 Å². The van der Waals surface area contributed by atoms with E-state index in [4.69, 9.17) is 5.11 Å². The Morgan fingerprint density at radius 3 is 1.81 bits per heavy atom. The van der Waals surface area contributed by atoms with E-state index >= 15 is 0 Å². The molecule has 0 spiro atoms. The molecule has 0 amide bonds. The molecule has 1 rings (SSSR count). The minimum atomic E-state index is -2.14. The Balaban J connectivity index is 3.76. The number of nitrogens with zero attached hydrogens (tertiary/aromatic N) is 1. The van der Waals surface area contributed by atoms with Crippen molar-refractivity contribution in [3.63, 3.8) is 0 Å². The summed E-state index contributed by atoms with van der Waals surface area (Å²) >= 11 is 0. The van der Waals surface area contributed by atoms with Gasteiger partial charge >= 0.3 is 5.97 Å². The highest BCUT2D eigenvalue weighted by atomic mass is 19.2. The van der Waals surface area contributed by atoms with Crippen molar-refractivity contribution in [2.75, 3.05) is 19.0 Å². The smallest absolute Gasteiger partial charge is 0.341 e. The van der Waals surface area contributed by atoms with Gasteiger partial charge in [-0.3, -0.25) is 0 Å². The Bertz CT molecular complexity index is 460. The molecule has 0 aliphatic heterocycles. The predicted molar refractivity (Wildman–Crippen MR) is 47.6 cm³/mol. The zero-order valence-corrected chi connectivity index (χ0v) is 8.31. The Labute approximate surface area is 87.9 Å². The van der Waals surface area contributed by atoms with E-state index in [1.807, 2.05) is 0 Å². The number of aromatic carboxylic acids is 1. The zero-order chi connectivity index (χ0) is 12.6. The first-order valence-corrected chi connectivity index (χ1v) is 4.05. The van der Waals surface area contributed by atoms with Gasteiger partial charge in [0.1, 0.15) is 5.56 Å². The molecule has 3 nitrogen and oxygen atoms in total. The van der Waals surface area contributed by atoms with E-state index in [0.29, 0.717) is 0 Å². The van der Waals surface area contributed by atoms with Gasteiger partial charge in [0.25, 0.3) is 0 Å². The van der Waals surface area contributed by atoms with Gasteiger partial charge < -0.3 is 10.0 Å². The summed E-state index contributed by atoms with van der Waals surface area (Å²) < 4.78 is 52.0. The number of carboxylic acid groups (broad SMARTS) is 1. The third-order valence-corrected chi connectivity index (χ3v) is 1.90. The van der Waals surface area contributed by atoms with E-state index < -0.39 is 40.5 Å². The molecule has 0 aromatic heterocycles. The monoisotopic (exact) mass is 237 g/mol. The molecule has 0 aliphatic rings. The molecule has 0 fully saturated rings. The van der Waals surface area contributed by atoms with Crippen LogP contribution in [0.25, 0.3) is 0 Å². The van der Waals surface area contributed by atoms with Gasteiger partial charge in [0.15, 0.2) is 23.3 Å². The molecule has 0 bridgehead atoms. The highest BCUT2D eigenvalue weighted by molar-refractivity contribution is 5.95. The fourth-order valence-corrected chi connectivity index (χ4v) is 1.24. The highest BCUT2D eigenvalue weighted by Gasteiger charge is 2.29. The van der Waals surface area contributed by atoms with Crippen LogP contribution >= 0.6 is 0 Å². The molecule has 16 heavy (non-hydrogen) atoms. The molecule has 88 valence electrons. The summed E-state index contributed by atoms with van der Waals surface area (Å²) in [5, 5.41) is 8.61. The van der Waals surface area contributed by atoms with E-state index in [0.717, 1.165) is 4.90 Å². The number of rotatable bonds is 2. The molecule has 0 unspecified atom stereocenters. The lowest BCUT2D eigenvalue weighted by Gasteiger charge is -2.17. The first kappa shape index (κ1) is 12.3.